The fourth-order valence-electron chi connectivity index (χ4n) is 3.07. The Bertz CT molecular complexity index is 718. The summed E-state index contributed by atoms with van der Waals surface area (Å²) in [6.07, 6.45) is 5.01. The first-order valence-corrected chi connectivity index (χ1v) is 9.09. The van der Waals surface area contributed by atoms with E-state index in [4.69, 9.17) is 4.74 Å². The Kier molecular flexibility index (Phi) is 4.87. The monoisotopic (exact) mass is 329 g/mol. The van der Waals surface area contributed by atoms with Gasteiger partial charge in [0.2, 0.25) is 0 Å². The quantitative estimate of drug-likeness (QED) is 0.635. The summed E-state index contributed by atoms with van der Waals surface area (Å²) in [7, 11) is 1.73. The molecule has 0 saturated carbocycles. The zero-order chi connectivity index (χ0) is 16.4. The Balaban J connectivity index is 1.76. The van der Waals surface area contributed by atoms with E-state index in [0.29, 0.717) is 0 Å². The molecule has 0 atom stereocenters. The standard InChI is InChI=1S/C18H23N3OS/c1-12-13(2)17(22-3)6-5-14(12)10-21-8-7-16-15(11-21)9-19-18(20-16)23-4/h5-6,9H,7-8,10-11H2,1-4H3. The molecule has 0 unspecified atom stereocenters. The molecule has 0 N–H and O–H groups in total. The Morgan fingerprint density at radius 2 is 2.09 bits per heavy atom. The van der Waals surface area contributed by atoms with E-state index in [9.17, 15) is 0 Å². The molecule has 23 heavy (non-hydrogen) atoms. The molecule has 122 valence electrons. The van der Waals surface area contributed by atoms with Gasteiger partial charge >= 0.3 is 0 Å². The van der Waals surface area contributed by atoms with Gasteiger partial charge in [-0.3, -0.25) is 4.90 Å². The van der Waals surface area contributed by atoms with Crippen LogP contribution in [0, 0.1) is 13.8 Å². The normalized spacial score (nSPS) is 14.6. The first-order chi connectivity index (χ1) is 11.1. The first-order valence-electron chi connectivity index (χ1n) is 7.86. The van der Waals surface area contributed by atoms with Crippen molar-refractivity contribution in [3.8, 4) is 5.75 Å². The van der Waals surface area contributed by atoms with Crippen LogP contribution in [0.25, 0.3) is 0 Å². The summed E-state index contributed by atoms with van der Waals surface area (Å²) in [5.41, 5.74) is 6.40. The largest absolute Gasteiger partial charge is 0.496 e. The molecule has 0 saturated heterocycles. The lowest BCUT2D eigenvalue weighted by Crippen LogP contribution is -2.31. The van der Waals surface area contributed by atoms with Gasteiger partial charge in [0, 0.05) is 37.8 Å². The second-order valence-corrected chi connectivity index (χ2v) is 6.74. The van der Waals surface area contributed by atoms with Gasteiger partial charge in [0.05, 0.1) is 12.8 Å². The van der Waals surface area contributed by atoms with Gasteiger partial charge in [-0.1, -0.05) is 17.8 Å². The van der Waals surface area contributed by atoms with Crippen LogP contribution in [0.15, 0.2) is 23.5 Å². The fourth-order valence-corrected chi connectivity index (χ4v) is 3.43. The number of thioether (sulfide) groups is 1. The van der Waals surface area contributed by atoms with Crippen molar-refractivity contribution in [1.82, 2.24) is 14.9 Å². The number of methoxy groups -OCH3 is 1. The zero-order valence-electron chi connectivity index (χ0n) is 14.2. The van der Waals surface area contributed by atoms with Crippen molar-refractivity contribution in [3.63, 3.8) is 0 Å². The average Bonchev–Trinajstić information content (AvgIpc) is 2.58. The van der Waals surface area contributed by atoms with E-state index in [1.54, 1.807) is 18.9 Å². The van der Waals surface area contributed by atoms with E-state index < -0.39 is 0 Å². The van der Waals surface area contributed by atoms with E-state index in [1.165, 1.54) is 27.9 Å². The molecular formula is C18H23N3OS. The number of nitrogens with zero attached hydrogens (tertiary/aromatic N) is 3. The second-order valence-electron chi connectivity index (χ2n) is 5.97. The molecule has 2 aromatic rings. The van der Waals surface area contributed by atoms with E-state index in [1.807, 2.05) is 12.5 Å². The lowest BCUT2D eigenvalue weighted by atomic mass is 10.0. The predicted octanol–water partition coefficient (Wildman–Crippen LogP) is 3.38. The highest BCUT2D eigenvalue weighted by molar-refractivity contribution is 7.98. The number of hydrogen-bond acceptors (Lipinski definition) is 5. The van der Waals surface area contributed by atoms with Gasteiger partial charge in [-0.05, 0) is 42.9 Å². The summed E-state index contributed by atoms with van der Waals surface area (Å²) in [6.45, 7) is 7.23. The van der Waals surface area contributed by atoms with Crippen LogP contribution in [0.1, 0.15) is 27.9 Å². The van der Waals surface area contributed by atoms with Crippen LogP contribution < -0.4 is 4.74 Å². The molecule has 2 heterocycles. The smallest absolute Gasteiger partial charge is 0.187 e. The summed E-state index contributed by atoms with van der Waals surface area (Å²) >= 11 is 1.60. The highest BCUT2D eigenvalue weighted by Gasteiger charge is 2.19. The van der Waals surface area contributed by atoms with Crippen molar-refractivity contribution < 1.29 is 4.74 Å². The molecule has 5 heteroatoms. The number of rotatable bonds is 4. The summed E-state index contributed by atoms with van der Waals surface area (Å²) in [4.78, 5) is 11.5. The number of fused-ring (bicyclic) bond motifs is 1. The Hall–Kier alpha value is -1.59. The van der Waals surface area contributed by atoms with Gasteiger partial charge in [0.25, 0.3) is 0 Å². The van der Waals surface area contributed by atoms with Crippen molar-refractivity contribution in [2.24, 2.45) is 0 Å². The van der Waals surface area contributed by atoms with Crippen LogP contribution in [0.3, 0.4) is 0 Å². The van der Waals surface area contributed by atoms with Gasteiger partial charge in [-0.2, -0.15) is 0 Å². The number of ether oxygens (including phenoxy) is 1. The van der Waals surface area contributed by atoms with Crippen LogP contribution in [-0.4, -0.2) is 34.8 Å². The molecule has 0 amide bonds. The molecule has 0 fully saturated rings. The summed E-state index contributed by atoms with van der Waals surface area (Å²) in [5.74, 6) is 0.966. The molecule has 0 radical (unpaired) electrons. The van der Waals surface area contributed by atoms with Gasteiger partial charge in [0.1, 0.15) is 5.75 Å². The van der Waals surface area contributed by atoms with Crippen molar-refractivity contribution in [2.45, 2.75) is 38.5 Å². The molecule has 1 aliphatic rings. The van der Waals surface area contributed by atoms with Crippen molar-refractivity contribution in [1.29, 1.82) is 0 Å². The molecule has 0 aliphatic carbocycles. The van der Waals surface area contributed by atoms with E-state index >= 15 is 0 Å². The summed E-state index contributed by atoms with van der Waals surface area (Å²) in [5, 5.41) is 0.874. The maximum absolute atomic E-state index is 5.41. The van der Waals surface area contributed by atoms with Crippen LogP contribution >= 0.6 is 11.8 Å². The van der Waals surface area contributed by atoms with Gasteiger partial charge < -0.3 is 4.74 Å². The lowest BCUT2D eigenvalue weighted by molar-refractivity contribution is 0.241. The van der Waals surface area contributed by atoms with E-state index in [0.717, 1.165) is 37.0 Å². The third kappa shape index (κ3) is 3.35. The molecule has 3 rings (SSSR count). The van der Waals surface area contributed by atoms with Crippen LogP contribution in [0.5, 0.6) is 5.75 Å². The van der Waals surface area contributed by atoms with E-state index in [2.05, 4.69) is 40.8 Å². The van der Waals surface area contributed by atoms with E-state index in [-0.39, 0.29) is 0 Å². The summed E-state index contributed by atoms with van der Waals surface area (Å²) < 4.78 is 5.41. The number of hydrogen-bond donors (Lipinski definition) is 0. The number of aromatic nitrogens is 2. The second kappa shape index (κ2) is 6.89. The third-order valence-corrected chi connectivity index (χ3v) is 5.20. The lowest BCUT2D eigenvalue weighted by Gasteiger charge is -2.28. The third-order valence-electron chi connectivity index (χ3n) is 4.64. The molecule has 1 aliphatic heterocycles. The van der Waals surface area contributed by atoms with Crippen molar-refractivity contribution in [2.75, 3.05) is 19.9 Å². The zero-order valence-corrected chi connectivity index (χ0v) is 15.0. The minimum absolute atomic E-state index is 0.874. The topological polar surface area (TPSA) is 38.2 Å². The molecular weight excluding hydrogens is 306 g/mol. The minimum atomic E-state index is 0.874. The van der Waals surface area contributed by atoms with Crippen molar-refractivity contribution >= 4 is 11.8 Å². The maximum atomic E-state index is 5.41. The molecule has 1 aromatic heterocycles. The van der Waals surface area contributed by atoms with Gasteiger partial charge in [0.15, 0.2) is 5.16 Å². The fraction of sp³-hybridized carbons (Fsp3) is 0.444. The molecule has 4 nitrogen and oxygen atoms in total. The van der Waals surface area contributed by atoms with Crippen LogP contribution in [0.2, 0.25) is 0 Å². The van der Waals surface area contributed by atoms with Crippen molar-refractivity contribution in [3.05, 3.63) is 46.3 Å². The highest BCUT2D eigenvalue weighted by Crippen LogP contribution is 2.26. The van der Waals surface area contributed by atoms with Crippen LogP contribution in [-0.2, 0) is 19.5 Å². The molecule has 0 bridgehead atoms. The Labute approximate surface area is 142 Å². The highest BCUT2D eigenvalue weighted by atomic mass is 32.2. The maximum Gasteiger partial charge on any atom is 0.187 e. The molecule has 0 spiro atoms. The Morgan fingerprint density at radius 3 is 2.83 bits per heavy atom. The van der Waals surface area contributed by atoms with Gasteiger partial charge in [-0.25, -0.2) is 9.97 Å². The molecule has 1 aromatic carbocycles. The number of benzene rings is 1. The Morgan fingerprint density at radius 1 is 1.26 bits per heavy atom. The average molecular weight is 329 g/mol. The van der Waals surface area contributed by atoms with Gasteiger partial charge in [-0.15, -0.1) is 0 Å². The SMILES string of the molecule is COc1ccc(CN2CCc3nc(SC)ncc3C2)c(C)c1C. The summed E-state index contributed by atoms with van der Waals surface area (Å²) in [6, 6.07) is 4.26. The minimum Gasteiger partial charge on any atom is -0.496 e. The first kappa shape index (κ1) is 16.3. The predicted molar refractivity (Wildman–Crippen MR) is 94.1 cm³/mol. The van der Waals surface area contributed by atoms with Crippen LogP contribution in [0.4, 0.5) is 0 Å².